The van der Waals surface area contributed by atoms with Gasteiger partial charge < -0.3 is 9.84 Å². The Balaban J connectivity index is 1.51. The first-order valence-corrected chi connectivity index (χ1v) is 9.51. The summed E-state index contributed by atoms with van der Waals surface area (Å²) < 4.78 is 7.06. The highest BCUT2D eigenvalue weighted by Crippen LogP contribution is 2.32. The fraction of sp³-hybridized carbons (Fsp3) is 0.333. The zero-order valence-electron chi connectivity index (χ0n) is 15.6. The SMILES string of the molecule is Cn1nnc2cc(-c3ccc4ccc([C@H](O)C5CCOCC5)cc4n3)cnc21. The molecule has 1 aliphatic rings. The van der Waals surface area contributed by atoms with Crippen LogP contribution >= 0.6 is 0 Å². The van der Waals surface area contributed by atoms with Crippen molar-refractivity contribution in [3.05, 3.63) is 48.2 Å². The van der Waals surface area contributed by atoms with E-state index >= 15 is 0 Å². The number of aromatic nitrogens is 5. The van der Waals surface area contributed by atoms with E-state index in [-0.39, 0.29) is 5.92 Å². The van der Waals surface area contributed by atoms with Crippen molar-refractivity contribution in [2.24, 2.45) is 13.0 Å². The molecule has 0 spiro atoms. The highest BCUT2D eigenvalue weighted by Gasteiger charge is 2.23. The number of benzene rings is 1. The molecule has 4 aromatic rings. The summed E-state index contributed by atoms with van der Waals surface area (Å²) in [6.45, 7) is 1.44. The van der Waals surface area contributed by atoms with Gasteiger partial charge >= 0.3 is 0 Å². The Morgan fingerprint density at radius 2 is 1.93 bits per heavy atom. The van der Waals surface area contributed by atoms with Crippen LogP contribution in [0.2, 0.25) is 0 Å². The van der Waals surface area contributed by atoms with Crippen molar-refractivity contribution in [1.82, 2.24) is 25.0 Å². The zero-order chi connectivity index (χ0) is 19.1. The number of nitrogens with zero attached hydrogens (tertiary/aromatic N) is 5. The average Bonchev–Trinajstić information content (AvgIpc) is 3.13. The van der Waals surface area contributed by atoms with Crippen LogP contribution in [-0.4, -0.2) is 43.3 Å². The molecule has 1 fully saturated rings. The predicted molar refractivity (Wildman–Crippen MR) is 106 cm³/mol. The van der Waals surface area contributed by atoms with Crippen LogP contribution in [0.3, 0.4) is 0 Å². The maximum atomic E-state index is 10.8. The van der Waals surface area contributed by atoms with Gasteiger partial charge in [0.2, 0.25) is 0 Å². The molecule has 7 nitrogen and oxygen atoms in total. The van der Waals surface area contributed by atoms with E-state index in [9.17, 15) is 5.11 Å². The molecule has 1 N–H and O–H groups in total. The van der Waals surface area contributed by atoms with Crippen LogP contribution in [0.5, 0.6) is 0 Å². The quantitative estimate of drug-likeness (QED) is 0.592. The zero-order valence-corrected chi connectivity index (χ0v) is 15.6. The second-order valence-electron chi connectivity index (χ2n) is 7.32. The fourth-order valence-corrected chi connectivity index (χ4v) is 3.85. The third-order valence-corrected chi connectivity index (χ3v) is 5.51. The van der Waals surface area contributed by atoms with Crippen molar-refractivity contribution in [2.75, 3.05) is 13.2 Å². The van der Waals surface area contributed by atoms with E-state index in [2.05, 4.69) is 15.3 Å². The minimum Gasteiger partial charge on any atom is -0.388 e. The van der Waals surface area contributed by atoms with Crippen LogP contribution < -0.4 is 0 Å². The standard InChI is InChI=1S/C21H21N5O2/c1-26-21-19(24-25-26)11-16(12-22-21)17-5-4-13-2-3-15(10-18(13)23-17)20(27)14-6-8-28-9-7-14/h2-5,10-12,14,20,27H,6-9H2,1H3/t20-/m1/s1. The summed E-state index contributed by atoms with van der Waals surface area (Å²) >= 11 is 0. The summed E-state index contributed by atoms with van der Waals surface area (Å²) in [4.78, 5) is 9.27. The Bertz CT molecular complexity index is 1150. The van der Waals surface area contributed by atoms with E-state index in [1.807, 2.05) is 43.4 Å². The first kappa shape index (κ1) is 17.2. The molecule has 4 heterocycles. The molecule has 0 aliphatic carbocycles. The topological polar surface area (TPSA) is 86.0 Å². The van der Waals surface area contributed by atoms with E-state index in [0.717, 1.165) is 64.9 Å². The van der Waals surface area contributed by atoms with Gasteiger partial charge in [-0.15, -0.1) is 5.10 Å². The van der Waals surface area contributed by atoms with Crippen LogP contribution in [0.15, 0.2) is 42.6 Å². The van der Waals surface area contributed by atoms with Crippen molar-refractivity contribution in [3.63, 3.8) is 0 Å². The van der Waals surface area contributed by atoms with E-state index in [1.54, 1.807) is 10.9 Å². The molecular formula is C21H21N5O2. The summed E-state index contributed by atoms with van der Waals surface area (Å²) in [5.74, 6) is 0.234. The van der Waals surface area contributed by atoms with Crippen LogP contribution in [0.25, 0.3) is 33.3 Å². The predicted octanol–water partition coefficient (Wildman–Crippen LogP) is 3.04. The lowest BCUT2D eigenvalue weighted by Gasteiger charge is -2.27. The van der Waals surface area contributed by atoms with Gasteiger partial charge in [0.1, 0.15) is 5.52 Å². The molecule has 3 aromatic heterocycles. The summed E-state index contributed by atoms with van der Waals surface area (Å²) in [5.41, 5.74) is 4.97. The van der Waals surface area contributed by atoms with Crippen molar-refractivity contribution in [1.29, 1.82) is 0 Å². The largest absolute Gasteiger partial charge is 0.388 e. The van der Waals surface area contributed by atoms with Crippen LogP contribution in [-0.2, 0) is 11.8 Å². The van der Waals surface area contributed by atoms with Gasteiger partial charge in [-0.3, -0.25) is 0 Å². The van der Waals surface area contributed by atoms with Crippen LogP contribution in [0.4, 0.5) is 0 Å². The van der Waals surface area contributed by atoms with E-state index in [0.29, 0.717) is 0 Å². The first-order chi connectivity index (χ1) is 13.7. The molecular weight excluding hydrogens is 354 g/mol. The highest BCUT2D eigenvalue weighted by molar-refractivity contribution is 5.83. The Kier molecular flexibility index (Phi) is 4.26. The molecule has 0 unspecified atom stereocenters. The smallest absolute Gasteiger partial charge is 0.178 e. The summed E-state index contributed by atoms with van der Waals surface area (Å²) in [6.07, 6.45) is 3.07. The molecule has 1 aromatic carbocycles. The normalized spacial score (nSPS) is 16.6. The van der Waals surface area contributed by atoms with Crippen molar-refractivity contribution in [3.8, 4) is 11.3 Å². The van der Waals surface area contributed by atoms with Gasteiger partial charge in [-0.1, -0.05) is 23.4 Å². The Morgan fingerprint density at radius 3 is 2.79 bits per heavy atom. The first-order valence-electron chi connectivity index (χ1n) is 9.51. The fourth-order valence-electron chi connectivity index (χ4n) is 3.85. The van der Waals surface area contributed by atoms with Gasteiger partial charge in [0, 0.05) is 37.4 Å². The third kappa shape index (κ3) is 3.02. The number of pyridine rings is 2. The van der Waals surface area contributed by atoms with Gasteiger partial charge in [-0.25, -0.2) is 14.6 Å². The lowest BCUT2D eigenvalue weighted by Crippen LogP contribution is -2.21. The van der Waals surface area contributed by atoms with E-state index in [1.165, 1.54) is 0 Å². The molecule has 28 heavy (non-hydrogen) atoms. The Morgan fingerprint density at radius 1 is 1.11 bits per heavy atom. The Hall–Kier alpha value is -2.90. The number of fused-ring (bicyclic) bond motifs is 2. The number of rotatable bonds is 3. The monoisotopic (exact) mass is 375 g/mol. The molecule has 0 bridgehead atoms. The molecule has 5 rings (SSSR count). The number of aryl methyl sites for hydroxylation is 1. The average molecular weight is 375 g/mol. The third-order valence-electron chi connectivity index (χ3n) is 5.51. The number of aliphatic hydroxyl groups excluding tert-OH is 1. The van der Waals surface area contributed by atoms with E-state index < -0.39 is 6.10 Å². The van der Waals surface area contributed by atoms with Gasteiger partial charge in [-0.2, -0.15) is 0 Å². The molecule has 0 amide bonds. The van der Waals surface area contributed by atoms with E-state index in [4.69, 9.17) is 9.72 Å². The highest BCUT2D eigenvalue weighted by atomic mass is 16.5. The van der Waals surface area contributed by atoms with Crippen molar-refractivity contribution >= 4 is 22.1 Å². The van der Waals surface area contributed by atoms with Crippen molar-refractivity contribution in [2.45, 2.75) is 18.9 Å². The Labute approximate surface area is 162 Å². The van der Waals surface area contributed by atoms with Gasteiger partial charge in [0.05, 0.1) is 17.3 Å². The minimum atomic E-state index is -0.489. The van der Waals surface area contributed by atoms with Crippen molar-refractivity contribution < 1.29 is 9.84 Å². The van der Waals surface area contributed by atoms with Gasteiger partial charge in [0.15, 0.2) is 5.65 Å². The minimum absolute atomic E-state index is 0.234. The molecule has 142 valence electrons. The summed E-state index contributed by atoms with van der Waals surface area (Å²) in [7, 11) is 1.82. The number of hydrogen-bond acceptors (Lipinski definition) is 6. The molecule has 1 aliphatic heterocycles. The molecule has 1 atom stereocenters. The number of ether oxygens (including phenoxy) is 1. The summed E-state index contributed by atoms with van der Waals surface area (Å²) in [6, 6.07) is 12.0. The second-order valence-corrected chi connectivity index (χ2v) is 7.32. The summed E-state index contributed by atoms with van der Waals surface area (Å²) in [5, 5.41) is 20.0. The number of aliphatic hydroxyl groups is 1. The molecule has 0 radical (unpaired) electrons. The number of hydrogen-bond donors (Lipinski definition) is 1. The lowest BCUT2D eigenvalue weighted by molar-refractivity contribution is 0.00723. The van der Waals surface area contributed by atoms with Gasteiger partial charge in [0.25, 0.3) is 0 Å². The van der Waals surface area contributed by atoms with Crippen LogP contribution in [0.1, 0.15) is 24.5 Å². The van der Waals surface area contributed by atoms with Gasteiger partial charge in [-0.05, 0) is 42.5 Å². The molecule has 7 heteroatoms. The maximum Gasteiger partial charge on any atom is 0.178 e. The van der Waals surface area contributed by atoms with Crippen LogP contribution in [0, 0.1) is 5.92 Å². The molecule has 0 saturated carbocycles. The molecule has 1 saturated heterocycles. The second kappa shape index (κ2) is 6.92. The maximum absolute atomic E-state index is 10.8. The lowest BCUT2D eigenvalue weighted by atomic mass is 9.89.